The lowest BCUT2D eigenvalue weighted by Gasteiger charge is -2.26. The monoisotopic (exact) mass is 354 g/mol. The summed E-state index contributed by atoms with van der Waals surface area (Å²) in [5, 5.41) is 15.5. The van der Waals surface area contributed by atoms with Gasteiger partial charge in [-0.1, -0.05) is 30.9 Å². The quantitative estimate of drug-likeness (QED) is 0.708. The second kappa shape index (κ2) is 8.89. The lowest BCUT2D eigenvalue weighted by Crippen LogP contribution is -2.42. The summed E-state index contributed by atoms with van der Waals surface area (Å²) < 4.78 is 5.11. The Morgan fingerprint density at radius 1 is 1.29 bits per heavy atom. The molecule has 24 heavy (non-hydrogen) atoms. The summed E-state index contributed by atoms with van der Waals surface area (Å²) in [7, 11) is 1.46. The Hall–Kier alpha value is -1.79. The molecule has 0 spiro atoms. The van der Waals surface area contributed by atoms with Crippen LogP contribution in [0.5, 0.6) is 5.75 Å². The van der Waals surface area contributed by atoms with Crippen LogP contribution >= 0.6 is 11.6 Å². The number of carbonyl (C=O) groups excluding carboxylic acids is 2. The molecule has 0 aromatic heterocycles. The van der Waals surface area contributed by atoms with Crippen LogP contribution in [0.4, 0.5) is 5.69 Å². The van der Waals surface area contributed by atoms with Crippen molar-refractivity contribution < 1.29 is 19.4 Å². The number of aliphatic hydroxyl groups excluding tert-OH is 1. The highest BCUT2D eigenvalue weighted by Crippen LogP contribution is 2.28. The molecule has 0 radical (unpaired) electrons. The molecule has 1 aromatic carbocycles. The van der Waals surface area contributed by atoms with Crippen LogP contribution in [0.2, 0.25) is 5.02 Å². The van der Waals surface area contributed by atoms with Crippen LogP contribution in [0, 0.1) is 5.92 Å². The Morgan fingerprint density at radius 3 is 2.67 bits per heavy atom. The number of carbonyl (C=O) groups is 2. The molecule has 1 aliphatic rings. The summed E-state index contributed by atoms with van der Waals surface area (Å²) in [6, 6.07) is 4.72. The summed E-state index contributed by atoms with van der Waals surface area (Å²) in [6.45, 7) is 0.0730. The molecule has 1 atom stereocenters. The second-order valence-corrected chi connectivity index (χ2v) is 6.41. The van der Waals surface area contributed by atoms with Crippen molar-refractivity contribution in [1.29, 1.82) is 0 Å². The number of aliphatic hydroxyl groups is 1. The zero-order chi connectivity index (χ0) is 17.5. The Labute approximate surface area is 146 Å². The number of amides is 2. The van der Waals surface area contributed by atoms with Crippen LogP contribution in [-0.4, -0.2) is 36.7 Å². The van der Waals surface area contributed by atoms with Gasteiger partial charge in [-0.3, -0.25) is 9.59 Å². The largest absolute Gasteiger partial charge is 0.495 e. The number of halogens is 1. The Kier molecular flexibility index (Phi) is 6.87. The SMILES string of the molecule is COc1ccc(Cl)cc1NC(=O)C(=O)NCC(O)C1CCCCC1. The lowest BCUT2D eigenvalue weighted by atomic mass is 9.85. The van der Waals surface area contributed by atoms with Crippen molar-refractivity contribution in [2.45, 2.75) is 38.2 Å². The van der Waals surface area contributed by atoms with E-state index >= 15 is 0 Å². The fraction of sp³-hybridized carbons (Fsp3) is 0.529. The van der Waals surface area contributed by atoms with E-state index in [1.54, 1.807) is 12.1 Å². The molecule has 2 amide bonds. The van der Waals surface area contributed by atoms with E-state index in [-0.39, 0.29) is 12.5 Å². The third-order valence-electron chi connectivity index (χ3n) is 4.28. The number of hydrogen-bond acceptors (Lipinski definition) is 4. The van der Waals surface area contributed by atoms with Crippen molar-refractivity contribution in [2.24, 2.45) is 5.92 Å². The molecule has 6 nitrogen and oxygen atoms in total. The maximum absolute atomic E-state index is 12.0. The molecule has 0 heterocycles. The zero-order valence-electron chi connectivity index (χ0n) is 13.7. The van der Waals surface area contributed by atoms with E-state index in [9.17, 15) is 14.7 Å². The Balaban J connectivity index is 1.86. The number of rotatable bonds is 5. The van der Waals surface area contributed by atoms with Gasteiger partial charge < -0.3 is 20.5 Å². The fourth-order valence-electron chi connectivity index (χ4n) is 2.92. The summed E-state index contributed by atoms with van der Waals surface area (Å²) >= 11 is 5.89. The van der Waals surface area contributed by atoms with E-state index in [0.29, 0.717) is 16.5 Å². The molecule has 0 saturated heterocycles. The molecule has 1 unspecified atom stereocenters. The average Bonchev–Trinajstić information content (AvgIpc) is 2.60. The predicted molar refractivity (Wildman–Crippen MR) is 92.2 cm³/mol. The van der Waals surface area contributed by atoms with E-state index < -0.39 is 17.9 Å². The van der Waals surface area contributed by atoms with Gasteiger partial charge in [0.15, 0.2) is 0 Å². The van der Waals surface area contributed by atoms with Crippen LogP contribution in [0.1, 0.15) is 32.1 Å². The van der Waals surface area contributed by atoms with E-state index in [4.69, 9.17) is 16.3 Å². The Bertz CT molecular complexity index is 588. The minimum Gasteiger partial charge on any atom is -0.495 e. The van der Waals surface area contributed by atoms with Gasteiger partial charge in [0.05, 0.1) is 18.9 Å². The maximum atomic E-state index is 12.0. The molecule has 1 fully saturated rings. The van der Waals surface area contributed by atoms with Gasteiger partial charge in [0.2, 0.25) is 0 Å². The maximum Gasteiger partial charge on any atom is 0.313 e. The molecular weight excluding hydrogens is 332 g/mol. The van der Waals surface area contributed by atoms with Gasteiger partial charge in [0, 0.05) is 11.6 Å². The molecule has 3 N–H and O–H groups in total. The number of anilines is 1. The van der Waals surface area contributed by atoms with Gasteiger partial charge in [-0.25, -0.2) is 0 Å². The first kappa shape index (κ1) is 18.5. The highest BCUT2D eigenvalue weighted by molar-refractivity contribution is 6.40. The number of nitrogens with one attached hydrogen (secondary N) is 2. The zero-order valence-corrected chi connectivity index (χ0v) is 14.4. The molecule has 2 rings (SSSR count). The lowest BCUT2D eigenvalue weighted by molar-refractivity contribution is -0.136. The minimum absolute atomic E-state index is 0.0730. The molecule has 7 heteroatoms. The molecule has 0 bridgehead atoms. The third kappa shape index (κ3) is 5.11. The smallest absolute Gasteiger partial charge is 0.313 e. The highest BCUT2D eigenvalue weighted by atomic mass is 35.5. The van der Waals surface area contributed by atoms with Crippen LogP contribution in [-0.2, 0) is 9.59 Å². The first-order valence-corrected chi connectivity index (χ1v) is 8.50. The van der Waals surface area contributed by atoms with Crippen LogP contribution < -0.4 is 15.4 Å². The summed E-state index contributed by atoms with van der Waals surface area (Å²) in [4.78, 5) is 23.9. The van der Waals surface area contributed by atoms with Crippen molar-refractivity contribution in [2.75, 3.05) is 19.0 Å². The van der Waals surface area contributed by atoms with Gasteiger partial charge >= 0.3 is 11.8 Å². The van der Waals surface area contributed by atoms with Crippen LogP contribution in [0.3, 0.4) is 0 Å². The molecule has 1 aromatic rings. The van der Waals surface area contributed by atoms with Crippen molar-refractivity contribution in [3.63, 3.8) is 0 Å². The van der Waals surface area contributed by atoms with Crippen molar-refractivity contribution in [3.8, 4) is 5.75 Å². The predicted octanol–water partition coefficient (Wildman–Crippen LogP) is 2.34. The van der Waals surface area contributed by atoms with Crippen LogP contribution in [0.25, 0.3) is 0 Å². The van der Waals surface area contributed by atoms with Crippen molar-refractivity contribution in [1.82, 2.24) is 5.32 Å². The van der Waals surface area contributed by atoms with Gasteiger partial charge in [-0.15, -0.1) is 0 Å². The summed E-state index contributed by atoms with van der Waals surface area (Å²) in [6.07, 6.45) is 4.70. The molecule has 1 saturated carbocycles. The van der Waals surface area contributed by atoms with Crippen molar-refractivity contribution in [3.05, 3.63) is 23.2 Å². The second-order valence-electron chi connectivity index (χ2n) is 5.97. The number of benzene rings is 1. The minimum atomic E-state index is -0.827. The van der Waals surface area contributed by atoms with Gasteiger partial charge in [0.25, 0.3) is 0 Å². The van der Waals surface area contributed by atoms with E-state index in [1.165, 1.54) is 19.6 Å². The van der Waals surface area contributed by atoms with Gasteiger partial charge in [-0.2, -0.15) is 0 Å². The van der Waals surface area contributed by atoms with Crippen molar-refractivity contribution >= 4 is 29.1 Å². The third-order valence-corrected chi connectivity index (χ3v) is 4.52. The molecular formula is C17H23ClN2O4. The Morgan fingerprint density at radius 2 is 2.00 bits per heavy atom. The fourth-order valence-corrected chi connectivity index (χ4v) is 3.09. The van der Waals surface area contributed by atoms with Gasteiger partial charge in [-0.05, 0) is 37.0 Å². The highest BCUT2D eigenvalue weighted by Gasteiger charge is 2.23. The van der Waals surface area contributed by atoms with E-state index in [2.05, 4.69) is 10.6 Å². The number of methoxy groups -OCH3 is 1. The molecule has 132 valence electrons. The van der Waals surface area contributed by atoms with E-state index in [0.717, 1.165) is 25.7 Å². The average molecular weight is 355 g/mol. The standard InChI is InChI=1S/C17H23ClN2O4/c1-24-15-8-7-12(18)9-13(15)20-17(23)16(22)19-10-14(21)11-5-3-2-4-6-11/h7-9,11,14,21H,2-6,10H2,1H3,(H,19,22)(H,20,23). The first-order valence-electron chi connectivity index (χ1n) is 8.12. The van der Waals surface area contributed by atoms with E-state index in [1.807, 2.05) is 0 Å². The molecule has 1 aliphatic carbocycles. The van der Waals surface area contributed by atoms with Gasteiger partial charge in [0.1, 0.15) is 5.75 Å². The summed E-state index contributed by atoms with van der Waals surface area (Å²) in [5.74, 6) is -1.03. The summed E-state index contributed by atoms with van der Waals surface area (Å²) in [5.41, 5.74) is 0.318. The number of ether oxygens (including phenoxy) is 1. The first-order chi connectivity index (χ1) is 11.5. The topological polar surface area (TPSA) is 87.7 Å². The van der Waals surface area contributed by atoms with Crippen LogP contribution in [0.15, 0.2) is 18.2 Å². The molecule has 0 aliphatic heterocycles. The normalized spacial score (nSPS) is 16.3. The number of hydrogen-bond donors (Lipinski definition) is 3.